The van der Waals surface area contributed by atoms with Gasteiger partial charge >= 0.3 is 0 Å². The van der Waals surface area contributed by atoms with Crippen LogP contribution in [-0.2, 0) is 11.3 Å². The molecule has 1 aromatic carbocycles. The molecule has 1 fully saturated rings. The molecule has 1 aromatic heterocycles. The number of benzene rings is 1. The Hall–Kier alpha value is -1.21. The average molecular weight is 322 g/mol. The Morgan fingerprint density at radius 2 is 2.36 bits per heavy atom. The van der Waals surface area contributed by atoms with Crippen LogP contribution in [0.3, 0.4) is 0 Å². The van der Waals surface area contributed by atoms with Crippen molar-refractivity contribution in [1.82, 2.24) is 9.88 Å². The highest BCUT2D eigenvalue weighted by atomic mass is 32.1. The number of fused-ring (bicyclic) bond motifs is 1. The zero-order valence-corrected chi connectivity index (χ0v) is 13.6. The minimum absolute atomic E-state index is 0.0935. The average Bonchev–Trinajstić information content (AvgIpc) is 2.94. The lowest BCUT2D eigenvalue weighted by Crippen LogP contribution is -2.39. The third-order valence-corrected chi connectivity index (χ3v) is 4.91. The summed E-state index contributed by atoms with van der Waals surface area (Å²) in [6.45, 7) is 3.38. The second-order valence-corrected chi connectivity index (χ2v) is 6.65. The van der Waals surface area contributed by atoms with Crippen molar-refractivity contribution in [2.24, 2.45) is 0 Å². The van der Waals surface area contributed by atoms with Gasteiger partial charge in [0.25, 0.3) is 0 Å². The first kappa shape index (κ1) is 15.7. The molecule has 22 heavy (non-hydrogen) atoms. The predicted octanol–water partition coefficient (Wildman–Crippen LogP) is 2.28. The van der Waals surface area contributed by atoms with Crippen molar-refractivity contribution in [3.8, 4) is 5.75 Å². The number of thiazole rings is 1. The Morgan fingerprint density at radius 3 is 3.18 bits per heavy atom. The SMILES string of the molecule is COc1ccc2nc(CN3CCCC(OCCO)C3)sc2c1. The maximum absolute atomic E-state index is 8.86. The summed E-state index contributed by atoms with van der Waals surface area (Å²) in [4.78, 5) is 7.10. The van der Waals surface area contributed by atoms with Gasteiger partial charge in [0.05, 0.1) is 43.2 Å². The highest BCUT2D eigenvalue weighted by molar-refractivity contribution is 7.18. The first-order valence-electron chi connectivity index (χ1n) is 7.67. The Balaban J connectivity index is 1.64. The molecule has 1 saturated heterocycles. The number of likely N-dealkylation sites (tertiary alicyclic amines) is 1. The molecule has 1 aliphatic heterocycles. The molecule has 6 heteroatoms. The van der Waals surface area contributed by atoms with Gasteiger partial charge in [-0.15, -0.1) is 11.3 Å². The third-order valence-electron chi connectivity index (χ3n) is 3.91. The van der Waals surface area contributed by atoms with Crippen LogP contribution in [0.15, 0.2) is 18.2 Å². The van der Waals surface area contributed by atoms with Gasteiger partial charge in [0.1, 0.15) is 10.8 Å². The number of hydrogen-bond donors (Lipinski definition) is 1. The zero-order chi connectivity index (χ0) is 15.4. The quantitative estimate of drug-likeness (QED) is 0.884. The molecule has 2 heterocycles. The van der Waals surface area contributed by atoms with E-state index >= 15 is 0 Å². The fourth-order valence-electron chi connectivity index (χ4n) is 2.85. The van der Waals surface area contributed by atoms with Gasteiger partial charge in [-0.2, -0.15) is 0 Å². The van der Waals surface area contributed by atoms with E-state index in [2.05, 4.69) is 4.90 Å². The smallest absolute Gasteiger partial charge is 0.120 e. The van der Waals surface area contributed by atoms with Crippen LogP contribution in [0.4, 0.5) is 0 Å². The van der Waals surface area contributed by atoms with Crippen LogP contribution in [0.5, 0.6) is 5.75 Å². The van der Waals surface area contributed by atoms with Gasteiger partial charge < -0.3 is 14.6 Å². The second-order valence-electron chi connectivity index (χ2n) is 5.54. The van der Waals surface area contributed by atoms with Gasteiger partial charge in [-0.25, -0.2) is 4.98 Å². The van der Waals surface area contributed by atoms with Gasteiger partial charge in [0.15, 0.2) is 0 Å². The molecular formula is C16H22N2O3S. The molecule has 0 saturated carbocycles. The molecule has 0 spiro atoms. The van der Waals surface area contributed by atoms with Gasteiger partial charge in [0.2, 0.25) is 0 Å². The second kappa shape index (κ2) is 7.37. The number of aliphatic hydroxyl groups excluding tert-OH is 1. The van der Waals surface area contributed by atoms with E-state index < -0.39 is 0 Å². The van der Waals surface area contributed by atoms with E-state index in [1.165, 1.54) is 4.70 Å². The molecule has 1 N–H and O–H groups in total. The lowest BCUT2D eigenvalue weighted by atomic mass is 10.1. The summed E-state index contributed by atoms with van der Waals surface area (Å²) in [6.07, 6.45) is 2.44. The van der Waals surface area contributed by atoms with Crippen molar-refractivity contribution in [2.75, 3.05) is 33.4 Å². The van der Waals surface area contributed by atoms with E-state index in [4.69, 9.17) is 19.6 Å². The fraction of sp³-hybridized carbons (Fsp3) is 0.562. The monoisotopic (exact) mass is 322 g/mol. The summed E-state index contributed by atoms with van der Waals surface area (Å²) in [5, 5.41) is 9.99. The minimum Gasteiger partial charge on any atom is -0.497 e. The molecule has 5 nitrogen and oxygen atoms in total. The van der Waals surface area contributed by atoms with Crippen LogP contribution < -0.4 is 4.74 Å². The minimum atomic E-state index is 0.0935. The van der Waals surface area contributed by atoms with Crippen molar-refractivity contribution in [3.05, 3.63) is 23.2 Å². The lowest BCUT2D eigenvalue weighted by Gasteiger charge is -2.31. The number of aromatic nitrogens is 1. The number of aliphatic hydroxyl groups is 1. The van der Waals surface area contributed by atoms with Crippen LogP contribution >= 0.6 is 11.3 Å². The Labute approximate surface area is 134 Å². The van der Waals surface area contributed by atoms with Gasteiger partial charge in [0, 0.05) is 6.54 Å². The Kier molecular flexibility index (Phi) is 5.25. The molecule has 120 valence electrons. The molecule has 0 amide bonds. The Bertz CT molecular complexity index is 616. The number of ether oxygens (including phenoxy) is 2. The molecule has 1 unspecified atom stereocenters. The molecule has 0 radical (unpaired) electrons. The number of piperidine rings is 1. The third kappa shape index (κ3) is 3.76. The highest BCUT2D eigenvalue weighted by Gasteiger charge is 2.21. The highest BCUT2D eigenvalue weighted by Crippen LogP contribution is 2.27. The van der Waals surface area contributed by atoms with Crippen molar-refractivity contribution in [3.63, 3.8) is 0 Å². The zero-order valence-electron chi connectivity index (χ0n) is 12.8. The van der Waals surface area contributed by atoms with Crippen LogP contribution in [0.2, 0.25) is 0 Å². The van der Waals surface area contributed by atoms with Crippen LogP contribution in [0.25, 0.3) is 10.2 Å². The topological polar surface area (TPSA) is 54.8 Å². The first-order valence-corrected chi connectivity index (χ1v) is 8.48. The normalized spacial score (nSPS) is 19.6. The summed E-state index contributed by atoms with van der Waals surface area (Å²) in [5.74, 6) is 0.873. The van der Waals surface area contributed by atoms with Gasteiger partial charge in [-0.05, 0) is 37.6 Å². The number of hydrogen-bond acceptors (Lipinski definition) is 6. The molecule has 2 aromatic rings. The predicted molar refractivity (Wildman–Crippen MR) is 87.5 cm³/mol. The van der Waals surface area contributed by atoms with Crippen molar-refractivity contribution in [2.45, 2.75) is 25.5 Å². The van der Waals surface area contributed by atoms with Gasteiger partial charge in [-0.3, -0.25) is 4.90 Å². The van der Waals surface area contributed by atoms with E-state index in [0.717, 1.165) is 48.7 Å². The van der Waals surface area contributed by atoms with Crippen LogP contribution in [0.1, 0.15) is 17.8 Å². The van der Waals surface area contributed by atoms with E-state index in [-0.39, 0.29) is 12.7 Å². The van der Waals surface area contributed by atoms with Crippen LogP contribution in [0, 0.1) is 0 Å². The molecule has 0 aliphatic carbocycles. The first-order chi connectivity index (χ1) is 10.8. The number of nitrogens with zero attached hydrogens (tertiary/aromatic N) is 2. The number of methoxy groups -OCH3 is 1. The summed E-state index contributed by atoms with van der Waals surface area (Å²) < 4.78 is 12.1. The van der Waals surface area contributed by atoms with Crippen molar-refractivity contribution >= 4 is 21.6 Å². The molecule has 1 aliphatic rings. The summed E-state index contributed by atoms with van der Waals surface area (Å²) >= 11 is 1.73. The molecule has 1 atom stereocenters. The van der Waals surface area contributed by atoms with E-state index in [1.807, 2.05) is 18.2 Å². The number of rotatable bonds is 6. The Morgan fingerprint density at radius 1 is 1.45 bits per heavy atom. The lowest BCUT2D eigenvalue weighted by molar-refractivity contribution is -0.0163. The summed E-state index contributed by atoms with van der Waals surface area (Å²) in [7, 11) is 1.68. The summed E-state index contributed by atoms with van der Waals surface area (Å²) in [6, 6.07) is 6.00. The summed E-state index contributed by atoms with van der Waals surface area (Å²) in [5.41, 5.74) is 1.03. The standard InChI is InChI=1S/C16H22N2O3S/c1-20-12-4-5-14-15(9-12)22-16(17-14)11-18-6-2-3-13(10-18)21-8-7-19/h4-5,9,13,19H,2-3,6-8,10-11H2,1H3. The van der Waals surface area contributed by atoms with Gasteiger partial charge in [-0.1, -0.05) is 0 Å². The largest absolute Gasteiger partial charge is 0.497 e. The van der Waals surface area contributed by atoms with E-state index in [9.17, 15) is 0 Å². The molecule has 3 rings (SSSR count). The van der Waals surface area contributed by atoms with E-state index in [1.54, 1.807) is 18.4 Å². The maximum atomic E-state index is 8.86. The molecular weight excluding hydrogens is 300 g/mol. The van der Waals surface area contributed by atoms with E-state index in [0.29, 0.717) is 6.61 Å². The maximum Gasteiger partial charge on any atom is 0.120 e. The van der Waals surface area contributed by atoms with Crippen molar-refractivity contribution < 1.29 is 14.6 Å². The van der Waals surface area contributed by atoms with Crippen molar-refractivity contribution in [1.29, 1.82) is 0 Å². The fourth-order valence-corrected chi connectivity index (χ4v) is 3.89. The van der Waals surface area contributed by atoms with Crippen LogP contribution in [-0.4, -0.2) is 54.5 Å². The molecule has 0 bridgehead atoms.